The van der Waals surface area contributed by atoms with Crippen LogP contribution in [0.4, 0.5) is 0 Å². The monoisotopic (exact) mass is 410 g/mol. The minimum absolute atomic E-state index is 0.0774. The largest absolute Gasteiger partial charge is 0.353 e. The number of hydrogen-bond donors (Lipinski definition) is 1. The van der Waals surface area contributed by atoms with Crippen molar-refractivity contribution in [1.29, 1.82) is 0 Å². The molecule has 1 saturated carbocycles. The third-order valence-corrected chi connectivity index (χ3v) is 7.03. The highest BCUT2D eigenvalue weighted by atomic mass is 32.1. The molecule has 2 amide bonds. The zero-order chi connectivity index (χ0) is 20.6. The third-order valence-electron chi connectivity index (χ3n) is 6.34. The lowest BCUT2D eigenvalue weighted by Gasteiger charge is -2.29. The smallest absolute Gasteiger partial charge is 0.228 e. The van der Waals surface area contributed by atoms with Crippen LogP contribution in [0.3, 0.4) is 0 Å². The second-order valence-corrected chi connectivity index (χ2v) is 9.90. The molecule has 1 N–H and O–H groups in total. The van der Waals surface area contributed by atoms with E-state index in [0.29, 0.717) is 25.4 Å². The van der Waals surface area contributed by atoms with E-state index in [-0.39, 0.29) is 23.8 Å². The van der Waals surface area contributed by atoms with Crippen molar-refractivity contribution in [2.24, 2.45) is 17.3 Å². The van der Waals surface area contributed by atoms with Gasteiger partial charge in [-0.15, -0.1) is 0 Å². The van der Waals surface area contributed by atoms with Crippen LogP contribution in [0.1, 0.15) is 39.2 Å². The lowest BCUT2D eigenvalue weighted by molar-refractivity contribution is -0.134. The molecule has 1 aromatic carbocycles. The van der Waals surface area contributed by atoms with Crippen LogP contribution in [0.15, 0.2) is 41.1 Å². The molecular formula is C24H30N2O2S. The van der Waals surface area contributed by atoms with Crippen LogP contribution in [0.25, 0.3) is 11.1 Å². The van der Waals surface area contributed by atoms with E-state index < -0.39 is 5.41 Å². The number of thiophene rings is 1. The molecule has 3 atom stereocenters. The van der Waals surface area contributed by atoms with E-state index in [1.54, 1.807) is 11.3 Å². The molecule has 0 radical (unpaired) electrons. The molecule has 4 nitrogen and oxygen atoms in total. The molecule has 1 aliphatic carbocycles. The summed E-state index contributed by atoms with van der Waals surface area (Å²) in [5.74, 6) is 0.980. The van der Waals surface area contributed by atoms with Gasteiger partial charge in [0.05, 0.1) is 5.41 Å². The lowest BCUT2D eigenvalue weighted by atomic mass is 9.79. The van der Waals surface area contributed by atoms with E-state index >= 15 is 0 Å². The van der Waals surface area contributed by atoms with Crippen molar-refractivity contribution in [3.8, 4) is 11.1 Å². The zero-order valence-corrected chi connectivity index (χ0v) is 18.3. The van der Waals surface area contributed by atoms with Crippen molar-refractivity contribution in [3.05, 3.63) is 46.7 Å². The zero-order valence-electron chi connectivity index (χ0n) is 17.5. The van der Waals surface area contributed by atoms with E-state index in [4.69, 9.17) is 0 Å². The number of nitrogens with one attached hydrogen (secondary N) is 1. The van der Waals surface area contributed by atoms with Crippen LogP contribution in [0, 0.1) is 17.3 Å². The first-order valence-corrected chi connectivity index (χ1v) is 11.5. The molecule has 1 saturated heterocycles. The van der Waals surface area contributed by atoms with Gasteiger partial charge in [0.25, 0.3) is 0 Å². The van der Waals surface area contributed by atoms with E-state index in [1.807, 2.05) is 18.7 Å². The first-order valence-electron chi connectivity index (χ1n) is 10.6. The normalized spacial score (nSPS) is 26.0. The van der Waals surface area contributed by atoms with Crippen molar-refractivity contribution in [3.63, 3.8) is 0 Å². The predicted molar refractivity (Wildman–Crippen MR) is 118 cm³/mol. The van der Waals surface area contributed by atoms with Gasteiger partial charge in [-0.2, -0.15) is 11.3 Å². The molecule has 29 heavy (non-hydrogen) atoms. The maximum atomic E-state index is 13.2. The molecule has 2 fully saturated rings. The fourth-order valence-corrected chi connectivity index (χ4v) is 5.09. The number of nitrogens with zero attached hydrogens (tertiary/aromatic N) is 1. The highest BCUT2D eigenvalue weighted by Gasteiger charge is 2.49. The van der Waals surface area contributed by atoms with Crippen LogP contribution in [-0.2, 0) is 16.0 Å². The van der Waals surface area contributed by atoms with Crippen LogP contribution in [0.5, 0.6) is 0 Å². The minimum Gasteiger partial charge on any atom is -0.353 e. The second-order valence-electron chi connectivity index (χ2n) is 9.12. The molecule has 2 aliphatic rings. The molecule has 0 unspecified atom stereocenters. The van der Waals surface area contributed by atoms with E-state index in [0.717, 1.165) is 18.4 Å². The van der Waals surface area contributed by atoms with Crippen LogP contribution >= 0.6 is 11.3 Å². The summed E-state index contributed by atoms with van der Waals surface area (Å²) in [6.45, 7) is 7.32. The highest BCUT2D eigenvalue weighted by Crippen LogP contribution is 2.42. The average molecular weight is 411 g/mol. The summed E-state index contributed by atoms with van der Waals surface area (Å²) in [6, 6.07) is 10.7. The Labute approximate surface area is 177 Å². The fourth-order valence-electron chi connectivity index (χ4n) is 4.42. The van der Waals surface area contributed by atoms with Crippen molar-refractivity contribution >= 4 is 23.2 Å². The molecule has 5 heteroatoms. The summed E-state index contributed by atoms with van der Waals surface area (Å²) in [7, 11) is 0. The quantitative estimate of drug-likeness (QED) is 0.769. The van der Waals surface area contributed by atoms with Crippen molar-refractivity contribution in [2.45, 2.75) is 46.1 Å². The average Bonchev–Trinajstić information content (AvgIpc) is 3.10. The first-order chi connectivity index (χ1) is 13.9. The molecular weight excluding hydrogens is 380 g/mol. The van der Waals surface area contributed by atoms with Crippen molar-refractivity contribution in [1.82, 2.24) is 10.2 Å². The number of carbonyl (C=O) groups excluding carboxylic acids is 2. The summed E-state index contributed by atoms with van der Waals surface area (Å²) in [4.78, 5) is 27.9. The standard InChI is InChI=1S/C24H30N2O2S/c1-16(2)25-23(28)24(9-10-26(15-24)22(27)21-12-17(21)3)13-18-4-6-19(7-5-18)20-8-11-29-14-20/h4-8,11,14,16-17,21H,9-10,12-13,15H2,1-3H3,(H,25,28)/t17-,21+,24+/m1/s1. The first kappa shape index (κ1) is 20.1. The Kier molecular flexibility index (Phi) is 5.52. The number of hydrogen-bond acceptors (Lipinski definition) is 3. The van der Waals surface area contributed by atoms with Gasteiger partial charge in [-0.1, -0.05) is 31.2 Å². The number of likely N-dealkylation sites (tertiary alicyclic amines) is 1. The summed E-state index contributed by atoms with van der Waals surface area (Å²) in [5.41, 5.74) is 3.03. The van der Waals surface area contributed by atoms with E-state index in [1.165, 1.54) is 11.1 Å². The molecule has 154 valence electrons. The maximum absolute atomic E-state index is 13.2. The Hall–Kier alpha value is -2.14. The van der Waals surface area contributed by atoms with Crippen molar-refractivity contribution in [2.75, 3.05) is 13.1 Å². The van der Waals surface area contributed by atoms with Crippen molar-refractivity contribution < 1.29 is 9.59 Å². The van der Waals surface area contributed by atoms with E-state index in [2.05, 4.69) is 53.3 Å². The van der Waals surface area contributed by atoms with Crippen LogP contribution in [-0.4, -0.2) is 35.8 Å². The summed E-state index contributed by atoms with van der Waals surface area (Å²) in [6.07, 6.45) is 2.38. The van der Waals surface area contributed by atoms with Gasteiger partial charge in [0.1, 0.15) is 0 Å². The van der Waals surface area contributed by atoms with Gasteiger partial charge >= 0.3 is 0 Å². The third kappa shape index (κ3) is 4.25. The summed E-state index contributed by atoms with van der Waals surface area (Å²) in [5, 5.41) is 7.34. The van der Waals surface area contributed by atoms with Gasteiger partial charge < -0.3 is 10.2 Å². The fraction of sp³-hybridized carbons (Fsp3) is 0.500. The van der Waals surface area contributed by atoms with Crippen LogP contribution < -0.4 is 5.32 Å². The Balaban J connectivity index is 1.53. The number of carbonyl (C=O) groups is 2. The highest BCUT2D eigenvalue weighted by molar-refractivity contribution is 7.08. The van der Waals surface area contributed by atoms with Crippen LogP contribution in [0.2, 0.25) is 0 Å². The predicted octanol–water partition coefficient (Wildman–Crippen LogP) is 4.36. The van der Waals surface area contributed by atoms with Gasteiger partial charge in [0.15, 0.2) is 0 Å². The SMILES string of the molecule is CC(C)NC(=O)[C@]1(Cc2ccc(-c3ccsc3)cc2)CCN(C(=O)[C@H]2C[C@H]2C)C1. The van der Waals surface area contributed by atoms with Gasteiger partial charge in [-0.25, -0.2) is 0 Å². The Bertz CT molecular complexity index is 875. The molecule has 1 aromatic heterocycles. The summed E-state index contributed by atoms with van der Waals surface area (Å²) >= 11 is 1.69. The maximum Gasteiger partial charge on any atom is 0.228 e. The molecule has 2 aromatic rings. The number of benzene rings is 1. The Morgan fingerprint density at radius 1 is 1.21 bits per heavy atom. The molecule has 0 bridgehead atoms. The molecule has 0 spiro atoms. The number of rotatable bonds is 6. The van der Waals surface area contributed by atoms with E-state index in [9.17, 15) is 9.59 Å². The Morgan fingerprint density at radius 3 is 2.52 bits per heavy atom. The topological polar surface area (TPSA) is 49.4 Å². The Morgan fingerprint density at radius 2 is 1.93 bits per heavy atom. The molecule has 4 rings (SSSR count). The second kappa shape index (κ2) is 7.94. The summed E-state index contributed by atoms with van der Waals surface area (Å²) < 4.78 is 0. The lowest BCUT2D eigenvalue weighted by Crippen LogP contribution is -2.47. The van der Waals surface area contributed by atoms with Gasteiger partial charge in [-0.3, -0.25) is 9.59 Å². The molecule has 1 aliphatic heterocycles. The minimum atomic E-state index is -0.540. The molecule has 2 heterocycles. The van der Waals surface area contributed by atoms with Gasteiger partial charge in [-0.05, 0) is 72.5 Å². The number of amides is 2. The van der Waals surface area contributed by atoms with Gasteiger partial charge in [0, 0.05) is 25.0 Å². The van der Waals surface area contributed by atoms with Gasteiger partial charge in [0.2, 0.25) is 11.8 Å².